The van der Waals surface area contributed by atoms with Crippen molar-refractivity contribution in [1.82, 2.24) is 4.90 Å². The summed E-state index contributed by atoms with van der Waals surface area (Å²) in [6, 6.07) is 2.58. The van der Waals surface area contributed by atoms with Gasteiger partial charge in [-0.05, 0) is 31.2 Å². The summed E-state index contributed by atoms with van der Waals surface area (Å²) in [7, 11) is 0. The average Bonchev–Trinajstić information content (AvgIpc) is 2.79. The number of likely N-dealkylation sites (tertiary alicyclic amines) is 1. The molecule has 0 radical (unpaired) electrons. The van der Waals surface area contributed by atoms with Crippen molar-refractivity contribution in [1.29, 1.82) is 5.26 Å². The lowest BCUT2D eigenvalue weighted by Crippen LogP contribution is -2.30. The molecule has 1 heterocycles. The van der Waals surface area contributed by atoms with Gasteiger partial charge in [-0.1, -0.05) is 0 Å². The summed E-state index contributed by atoms with van der Waals surface area (Å²) in [5.74, 6) is 0. The molecule has 3 heteroatoms. The molecule has 1 aliphatic carbocycles. The highest BCUT2D eigenvalue weighted by Crippen LogP contribution is 2.51. The molecule has 0 bridgehead atoms. The minimum absolute atomic E-state index is 0.398. The summed E-state index contributed by atoms with van der Waals surface area (Å²) in [4.78, 5) is 2.43. The molecule has 72 valence electrons. The zero-order valence-electron chi connectivity index (χ0n) is 8.00. The van der Waals surface area contributed by atoms with E-state index < -0.39 is 0 Å². The molecule has 2 aliphatic rings. The Morgan fingerprint density at radius 1 is 1.54 bits per heavy atom. The second-order valence-electron chi connectivity index (χ2n) is 4.47. The van der Waals surface area contributed by atoms with Gasteiger partial charge in [-0.25, -0.2) is 0 Å². The summed E-state index contributed by atoms with van der Waals surface area (Å²) in [6.45, 7) is 3.29. The molecule has 0 aromatic heterocycles. The Morgan fingerprint density at radius 2 is 2.31 bits per heavy atom. The van der Waals surface area contributed by atoms with Crippen molar-refractivity contribution in [2.24, 2.45) is 11.1 Å². The predicted molar refractivity (Wildman–Crippen MR) is 50.9 cm³/mol. The van der Waals surface area contributed by atoms with Crippen LogP contribution in [0.15, 0.2) is 0 Å². The summed E-state index contributed by atoms with van der Waals surface area (Å²) in [5, 5.41) is 8.41. The SMILES string of the molecule is N#CCCCN1C[C@@H](N)C2(CC2)C1. The van der Waals surface area contributed by atoms with Crippen molar-refractivity contribution in [3.8, 4) is 6.07 Å². The first kappa shape index (κ1) is 8.98. The molecular formula is C10H17N3. The Bertz CT molecular complexity index is 227. The van der Waals surface area contributed by atoms with E-state index in [1.165, 1.54) is 19.4 Å². The van der Waals surface area contributed by atoms with Crippen LogP contribution in [0.4, 0.5) is 0 Å². The van der Waals surface area contributed by atoms with Gasteiger partial charge in [0, 0.05) is 25.6 Å². The van der Waals surface area contributed by atoms with Crippen LogP contribution in [0.5, 0.6) is 0 Å². The number of nitrogens with zero attached hydrogens (tertiary/aromatic N) is 2. The fourth-order valence-corrected chi connectivity index (χ4v) is 2.34. The molecule has 1 saturated heterocycles. The number of nitrogens with two attached hydrogens (primary N) is 1. The van der Waals surface area contributed by atoms with Crippen molar-refractivity contribution < 1.29 is 0 Å². The molecule has 1 atom stereocenters. The standard InChI is InChI=1S/C10H17N3/c11-5-1-2-6-13-7-9(12)10(8-13)3-4-10/h9H,1-4,6-8,12H2/t9-/m1/s1. The third-order valence-electron chi connectivity index (χ3n) is 3.44. The first-order chi connectivity index (χ1) is 6.27. The van der Waals surface area contributed by atoms with E-state index in [0.717, 1.165) is 19.5 Å². The average molecular weight is 179 g/mol. The lowest BCUT2D eigenvalue weighted by molar-refractivity contribution is 0.317. The van der Waals surface area contributed by atoms with Crippen molar-refractivity contribution >= 4 is 0 Å². The number of nitriles is 1. The summed E-state index contributed by atoms with van der Waals surface area (Å²) >= 11 is 0. The van der Waals surface area contributed by atoms with Crippen molar-refractivity contribution in [3.05, 3.63) is 0 Å². The van der Waals surface area contributed by atoms with Crippen LogP contribution in [0, 0.1) is 16.7 Å². The largest absolute Gasteiger partial charge is 0.326 e. The molecule has 0 aromatic rings. The van der Waals surface area contributed by atoms with Crippen molar-refractivity contribution in [2.45, 2.75) is 31.7 Å². The molecule has 1 aliphatic heterocycles. The van der Waals surface area contributed by atoms with Crippen LogP contribution in [-0.2, 0) is 0 Å². The molecule has 1 spiro atoms. The van der Waals surface area contributed by atoms with E-state index in [1.54, 1.807) is 0 Å². The van der Waals surface area contributed by atoms with Crippen LogP contribution < -0.4 is 5.73 Å². The minimum atomic E-state index is 0.398. The Morgan fingerprint density at radius 3 is 2.85 bits per heavy atom. The Labute approximate surface area is 79.5 Å². The summed E-state index contributed by atoms with van der Waals surface area (Å²) in [5.41, 5.74) is 6.56. The Balaban J connectivity index is 1.75. The number of unbranched alkanes of at least 4 members (excludes halogenated alkanes) is 1. The highest BCUT2D eigenvalue weighted by molar-refractivity contribution is 5.08. The fraction of sp³-hybridized carbons (Fsp3) is 0.900. The predicted octanol–water partition coefficient (Wildman–Crippen LogP) is 0.713. The minimum Gasteiger partial charge on any atom is -0.326 e. The molecule has 0 aromatic carbocycles. The maximum Gasteiger partial charge on any atom is 0.0622 e. The topological polar surface area (TPSA) is 53.0 Å². The zero-order valence-corrected chi connectivity index (χ0v) is 8.00. The van der Waals surface area contributed by atoms with Gasteiger partial charge < -0.3 is 10.6 Å². The van der Waals surface area contributed by atoms with E-state index >= 15 is 0 Å². The summed E-state index contributed by atoms with van der Waals surface area (Å²) in [6.07, 6.45) is 4.32. The van der Waals surface area contributed by atoms with E-state index in [1.807, 2.05) is 0 Å². The molecule has 0 amide bonds. The summed E-state index contributed by atoms with van der Waals surface area (Å²) < 4.78 is 0. The van der Waals surface area contributed by atoms with Crippen LogP contribution >= 0.6 is 0 Å². The van der Waals surface area contributed by atoms with Gasteiger partial charge in [-0.3, -0.25) is 0 Å². The van der Waals surface area contributed by atoms with E-state index in [2.05, 4.69) is 11.0 Å². The van der Waals surface area contributed by atoms with Gasteiger partial charge in [0.05, 0.1) is 6.07 Å². The molecular weight excluding hydrogens is 162 g/mol. The molecule has 1 saturated carbocycles. The van der Waals surface area contributed by atoms with Crippen molar-refractivity contribution in [2.75, 3.05) is 19.6 Å². The molecule has 2 rings (SSSR count). The third-order valence-corrected chi connectivity index (χ3v) is 3.44. The first-order valence-electron chi connectivity index (χ1n) is 5.12. The maximum atomic E-state index is 8.41. The van der Waals surface area contributed by atoms with Gasteiger partial charge >= 0.3 is 0 Å². The highest BCUT2D eigenvalue weighted by Gasteiger charge is 2.52. The van der Waals surface area contributed by atoms with Crippen LogP contribution in [-0.4, -0.2) is 30.6 Å². The third kappa shape index (κ3) is 1.70. The van der Waals surface area contributed by atoms with E-state index in [-0.39, 0.29) is 0 Å². The fourth-order valence-electron chi connectivity index (χ4n) is 2.34. The van der Waals surface area contributed by atoms with Crippen LogP contribution in [0.2, 0.25) is 0 Å². The van der Waals surface area contributed by atoms with Gasteiger partial charge in [0.1, 0.15) is 0 Å². The second kappa shape index (κ2) is 3.28. The molecule has 2 fully saturated rings. The van der Waals surface area contributed by atoms with Crippen LogP contribution in [0.25, 0.3) is 0 Å². The van der Waals surface area contributed by atoms with Crippen molar-refractivity contribution in [3.63, 3.8) is 0 Å². The number of rotatable bonds is 3. The molecule has 2 N–H and O–H groups in total. The van der Waals surface area contributed by atoms with Gasteiger partial charge in [0.2, 0.25) is 0 Å². The van der Waals surface area contributed by atoms with E-state index in [9.17, 15) is 0 Å². The lowest BCUT2D eigenvalue weighted by atomic mass is 10.0. The maximum absolute atomic E-state index is 8.41. The van der Waals surface area contributed by atoms with Crippen LogP contribution in [0.1, 0.15) is 25.7 Å². The molecule has 0 unspecified atom stereocenters. The van der Waals surface area contributed by atoms with E-state index in [4.69, 9.17) is 11.0 Å². The van der Waals surface area contributed by atoms with Gasteiger partial charge in [0.15, 0.2) is 0 Å². The monoisotopic (exact) mass is 179 g/mol. The Hall–Kier alpha value is -0.590. The number of hydrogen-bond donors (Lipinski definition) is 1. The van der Waals surface area contributed by atoms with Gasteiger partial charge in [-0.2, -0.15) is 5.26 Å². The quantitative estimate of drug-likeness (QED) is 0.649. The van der Waals surface area contributed by atoms with Gasteiger partial charge in [-0.15, -0.1) is 0 Å². The second-order valence-corrected chi connectivity index (χ2v) is 4.47. The highest BCUT2D eigenvalue weighted by atomic mass is 15.2. The number of hydrogen-bond acceptors (Lipinski definition) is 3. The molecule has 3 nitrogen and oxygen atoms in total. The normalized spacial score (nSPS) is 30.6. The van der Waals surface area contributed by atoms with Crippen LogP contribution in [0.3, 0.4) is 0 Å². The smallest absolute Gasteiger partial charge is 0.0622 e. The molecule has 13 heavy (non-hydrogen) atoms. The first-order valence-corrected chi connectivity index (χ1v) is 5.12. The zero-order chi connectivity index (χ0) is 9.31. The van der Waals surface area contributed by atoms with E-state index in [0.29, 0.717) is 17.9 Å². The Kier molecular flexibility index (Phi) is 2.27. The van der Waals surface area contributed by atoms with Gasteiger partial charge in [0.25, 0.3) is 0 Å². The lowest BCUT2D eigenvalue weighted by Gasteiger charge is -2.13.